The van der Waals surface area contributed by atoms with Gasteiger partial charge in [-0.1, -0.05) is 158 Å². The number of unbranched alkanes of at least 4 members (excludes halogenated alkanes) is 3. The molecule has 12 rings (SSSR count). The molecule has 578 valence electrons. The highest BCUT2D eigenvalue weighted by molar-refractivity contribution is 7.10. The number of carboxylic acids is 2. The summed E-state index contributed by atoms with van der Waals surface area (Å²) in [6.07, 6.45) is 18.2. The van der Waals surface area contributed by atoms with E-state index in [0.717, 1.165) is 186 Å². The average molecular weight is 1590 g/mol. The van der Waals surface area contributed by atoms with Gasteiger partial charge in [0.25, 0.3) is 0 Å². The van der Waals surface area contributed by atoms with Crippen molar-refractivity contribution >= 4 is 104 Å². The van der Waals surface area contributed by atoms with Crippen molar-refractivity contribution in [2.75, 3.05) is 39.4 Å². The highest BCUT2D eigenvalue weighted by atomic mass is 35.5. The van der Waals surface area contributed by atoms with Crippen molar-refractivity contribution in [3.8, 4) is 0 Å². The van der Waals surface area contributed by atoms with E-state index < -0.39 is 28.2 Å². The summed E-state index contributed by atoms with van der Waals surface area (Å²) in [5.74, 6) is -0.585. The van der Waals surface area contributed by atoms with Crippen molar-refractivity contribution in [1.29, 1.82) is 0 Å². The Morgan fingerprint density at radius 3 is 1.10 bits per heavy atom. The number of ether oxygens (including phenoxy) is 2. The third kappa shape index (κ3) is 24.3. The number of esters is 2. The summed E-state index contributed by atoms with van der Waals surface area (Å²) in [4.78, 5) is 61.2. The van der Waals surface area contributed by atoms with Crippen LogP contribution in [0.25, 0.3) is 0 Å². The first-order valence-corrected chi connectivity index (χ1v) is 42.5. The molecule has 4 atom stereocenters. The molecule has 0 fully saturated rings. The van der Waals surface area contributed by atoms with Gasteiger partial charge in [0.2, 0.25) is 0 Å². The predicted octanol–water partition coefficient (Wildman–Crippen LogP) is 23.4. The van der Waals surface area contributed by atoms with Gasteiger partial charge in [0.1, 0.15) is 5.76 Å². The SMILES string of the molecule is CC(C)(CCCCC(c1ccccc1Cl)N1CCc2occc2C1)C(=O)O.CC(C)(CCCCC(c1ccccc1Cl)N1CCc2sccc2C1)C(=O)O.CCOC(=O)C(C)(C)CCCCC(c1ccccc1Cl)N1CCc2sccc2C1.CCOC(=O)CCC(c1ccccc1Cl)N1CCc2sccc2C1. The van der Waals surface area contributed by atoms with Crippen LogP contribution in [0.1, 0.15) is 234 Å². The Hall–Kier alpha value is -5.86. The van der Waals surface area contributed by atoms with Gasteiger partial charge in [0.05, 0.1) is 35.7 Å². The van der Waals surface area contributed by atoms with Crippen molar-refractivity contribution in [2.45, 2.75) is 221 Å². The summed E-state index contributed by atoms with van der Waals surface area (Å²) in [5, 5.41) is 28.4. The van der Waals surface area contributed by atoms with Crippen LogP contribution in [0.4, 0.5) is 0 Å². The monoisotopic (exact) mass is 1590 g/mol. The maximum Gasteiger partial charge on any atom is 0.311 e. The fourth-order valence-electron chi connectivity index (χ4n) is 15.1. The van der Waals surface area contributed by atoms with Crippen LogP contribution in [-0.4, -0.2) is 93.1 Å². The maximum atomic E-state index is 12.2. The molecule has 4 aliphatic heterocycles. The van der Waals surface area contributed by atoms with Gasteiger partial charge in [-0.2, -0.15) is 0 Å². The molecule has 20 heteroatoms. The number of rotatable bonds is 31. The first-order chi connectivity index (χ1) is 51.4. The molecule has 4 aliphatic rings. The molecule has 8 heterocycles. The first kappa shape index (κ1) is 85.1. The van der Waals surface area contributed by atoms with Gasteiger partial charge in [-0.05, 0) is 223 Å². The van der Waals surface area contributed by atoms with Crippen LogP contribution >= 0.6 is 80.4 Å². The Bertz CT molecular complexity index is 3990. The van der Waals surface area contributed by atoms with E-state index in [1.54, 1.807) is 20.1 Å². The lowest BCUT2D eigenvalue weighted by atomic mass is 9.86. The minimum Gasteiger partial charge on any atom is -0.481 e. The molecule has 4 aromatic carbocycles. The summed E-state index contributed by atoms with van der Waals surface area (Å²) >= 11 is 31.7. The van der Waals surface area contributed by atoms with Crippen molar-refractivity contribution in [1.82, 2.24) is 19.6 Å². The molecule has 0 amide bonds. The number of nitrogens with zero attached hydrogens (tertiary/aromatic N) is 4. The topological polar surface area (TPSA) is 153 Å². The van der Waals surface area contributed by atoms with Crippen LogP contribution in [-0.2, 0) is 80.5 Å². The van der Waals surface area contributed by atoms with E-state index in [0.29, 0.717) is 38.5 Å². The molecule has 0 radical (unpaired) electrons. The van der Waals surface area contributed by atoms with Gasteiger partial charge in [-0.3, -0.25) is 38.8 Å². The highest BCUT2D eigenvalue weighted by Gasteiger charge is 2.35. The zero-order chi connectivity index (χ0) is 76.7. The van der Waals surface area contributed by atoms with Crippen LogP contribution in [0.2, 0.25) is 20.1 Å². The van der Waals surface area contributed by atoms with Crippen LogP contribution in [0.3, 0.4) is 0 Å². The molecular weight excluding hydrogens is 1480 g/mol. The number of fused-ring (bicyclic) bond motifs is 4. The van der Waals surface area contributed by atoms with Crippen LogP contribution < -0.4 is 0 Å². The number of thiophene rings is 3. The second kappa shape index (κ2) is 41.4. The summed E-state index contributed by atoms with van der Waals surface area (Å²) in [5.41, 5.74) is 8.47. The number of hydrogen-bond acceptors (Lipinski definition) is 14. The highest BCUT2D eigenvalue weighted by Crippen LogP contribution is 2.42. The third-order valence-corrected chi connectivity index (χ3v) is 26.1. The minimum atomic E-state index is -0.728. The summed E-state index contributed by atoms with van der Waals surface area (Å²) in [7, 11) is 0. The number of halogens is 4. The van der Waals surface area contributed by atoms with Crippen molar-refractivity contribution in [3.63, 3.8) is 0 Å². The van der Waals surface area contributed by atoms with Crippen molar-refractivity contribution in [3.05, 3.63) is 229 Å². The standard InChI is InChI=1S/C24H32ClNO2S.C22H28ClNO3.C22H28ClNO2S.C19H22ClNO2S/c1-4-28-23(27)24(2,3)14-8-7-11-21(19-9-5-6-10-20(19)25)26-15-12-22-18(17-26)13-16-29-22;2*1-22(2,21(25)26)12-6-5-9-19(17-7-3-4-8-18(17)23)24-13-10-20-16(15-24)11-14-27-20;1-2-23-19(22)8-7-17(15-5-3-4-6-16(15)20)21-11-9-18-14(13-21)10-12-24-18/h5-6,9-10,13,16,21H,4,7-8,11-12,14-15,17H2,1-3H3;2*3-4,7-8,11,14,19H,5-6,9-10,12-13,15H2,1-2H3,(H,25,26);3-6,10,12,17H,2,7-9,11,13H2,1H3. The summed E-state index contributed by atoms with van der Waals surface area (Å²) in [6, 6.07) is 42.1. The van der Waals surface area contributed by atoms with Gasteiger partial charge < -0.3 is 24.1 Å². The first-order valence-electron chi connectivity index (χ1n) is 38.3. The maximum absolute atomic E-state index is 12.2. The molecule has 107 heavy (non-hydrogen) atoms. The van der Waals surface area contributed by atoms with Crippen LogP contribution in [0, 0.1) is 16.2 Å². The van der Waals surface area contributed by atoms with Gasteiger partial charge >= 0.3 is 23.9 Å². The van der Waals surface area contributed by atoms with E-state index in [1.165, 1.54) is 48.0 Å². The molecule has 8 aromatic rings. The van der Waals surface area contributed by atoms with Gasteiger partial charge in [0, 0.05) is 130 Å². The van der Waals surface area contributed by atoms with Gasteiger partial charge in [-0.25, -0.2) is 0 Å². The fourth-order valence-corrected chi connectivity index (χ4v) is 18.8. The molecule has 4 unspecified atom stereocenters. The number of furan rings is 1. The number of carbonyl (C=O) groups excluding carboxylic acids is 2. The lowest BCUT2D eigenvalue weighted by molar-refractivity contribution is -0.154. The molecule has 0 spiro atoms. The van der Waals surface area contributed by atoms with Crippen molar-refractivity contribution < 1.29 is 43.3 Å². The summed E-state index contributed by atoms with van der Waals surface area (Å²) in [6.45, 7) is 23.5. The quantitative estimate of drug-likeness (QED) is 0.0313. The third-order valence-electron chi connectivity index (χ3n) is 21.7. The van der Waals surface area contributed by atoms with Crippen LogP contribution in [0.5, 0.6) is 0 Å². The Morgan fingerprint density at radius 2 is 0.757 bits per heavy atom. The van der Waals surface area contributed by atoms with E-state index in [1.807, 2.05) is 136 Å². The molecule has 0 aliphatic carbocycles. The van der Waals surface area contributed by atoms with Gasteiger partial charge in [0.15, 0.2) is 0 Å². The number of carboxylic acid groups (broad SMARTS) is 2. The number of aliphatic carboxylic acids is 2. The molecular formula is C87H110Cl4N4O9S3. The molecule has 0 bridgehead atoms. The van der Waals surface area contributed by atoms with Crippen LogP contribution in [0.15, 0.2) is 148 Å². The van der Waals surface area contributed by atoms with E-state index in [9.17, 15) is 29.4 Å². The molecule has 13 nitrogen and oxygen atoms in total. The molecule has 0 saturated heterocycles. The molecule has 0 saturated carbocycles. The number of carbonyl (C=O) groups is 4. The van der Waals surface area contributed by atoms with Gasteiger partial charge in [-0.15, -0.1) is 34.0 Å². The lowest BCUT2D eigenvalue weighted by Gasteiger charge is -2.35. The second-order valence-corrected chi connectivity index (χ2v) is 35.2. The second-order valence-electron chi connectivity index (χ2n) is 30.6. The lowest BCUT2D eigenvalue weighted by Crippen LogP contribution is -2.34. The smallest absolute Gasteiger partial charge is 0.311 e. The Labute approximate surface area is 667 Å². The van der Waals surface area contributed by atoms with E-state index in [4.69, 9.17) is 60.3 Å². The Kier molecular flexibility index (Phi) is 33.0. The number of benzene rings is 4. The zero-order valence-electron chi connectivity index (χ0n) is 63.7. The molecule has 2 N–H and O–H groups in total. The predicted molar refractivity (Wildman–Crippen MR) is 439 cm³/mol. The zero-order valence-corrected chi connectivity index (χ0v) is 69.2. The van der Waals surface area contributed by atoms with E-state index in [2.05, 4.69) is 96.4 Å². The average Bonchev–Trinajstić information content (AvgIpc) is 1.68. The molecule has 4 aromatic heterocycles. The normalized spacial score (nSPS) is 15.9. The largest absolute Gasteiger partial charge is 0.481 e. The Morgan fingerprint density at radius 1 is 0.430 bits per heavy atom. The fraction of sp³-hybridized carbons (Fsp3) is 0.494. The number of hydrogen-bond donors (Lipinski definition) is 2. The summed E-state index contributed by atoms with van der Waals surface area (Å²) < 4.78 is 15.9. The van der Waals surface area contributed by atoms with E-state index >= 15 is 0 Å². The minimum absolute atomic E-state index is 0.0938. The van der Waals surface area contributed by atoms with Crippen molar-refractivity contribution in [2.24, 2.45) is 16.2 Å². The van der Waals surface area contributed by atoms with E-state index in [-0.39, 0.29) is 30.1 Å². The Balaban J connectivity index is 0.000000165.